The number of amides is 1. The number of ether oxygens (including phenoxy) is 1. The molecule has 0 aromatic heterocycles. The number of hydrogen-bond donors (Lipinski definition) is 1. The van der Waals surface area contributed by atoms with Crippen LogP contribution in [0.2, 0.25) is 0 Å². The van der Waals surface area contributed by atoms with Gasteiger partial charge in [0.15, 0.2) is 6.61 Å². The maximum atomic E-state index is 12.2. The van der Waals surface area contributed by atoms with E-state index in [2.05, 4.69) is 19.2 Å². The molecule has 0 saturated heterocycles. The average molecular weight is 365 g/mol. The summed E-state index contributed by atoms with van der Waals surface area (Å²) in [6, 6.07) is 17.4. The minimum atomic E-state index is -0.477. The maximum absolute atomic E-state index is 12.2. The fourth-order valence-electron chi connectivity index (χ4n) is 3.68. The van der Waals surface area contributed by atoms with E-state index in [1.54, 1.807) is 12.1 Å². The number of benzene rings is 2. The lowest BCUT2D eigenvalue weighted by Gasteiger charge is -2.34. The van der Waals surface area contributed by atoms with E-state index >= 15 is 0 Å². The zero-order chi connectivity index (χ0) is 19.2. The molecule has 3 atom stereocenters. The average Bonchev–Trinajstić information content (AvgIpc) is 2.70. The van der Waals surface area contributed by atoms with Crippen LogP contribution in [0.25, 0.3) is 11.1 Å². The molecular formula is C23H27NO3. The normalized spacial score (nSPS) is 22.1. The first kappa shape index (κ1) is 19.2. The van der Waals surface area contributed by atoms with Gasteiger partial charge in [-0.2, -0.15) is 0 Å². The van der Waals surface area contributed by atoms with Gasteiger partial charge in [0.1, 0.15) is 0 Å². The lowest BCUT2D eigenvalue weighted by Crippen LogP contribution is -2.45. The van der Waals surface area contributed by atoms with Gasteiger partial charge in [0, 0.05) is 6.04 Å². The van der Waals surface area contributed by atoms with Crippen LogP contribution < -0.4 is 5.32 Å². The van der Waals surface area contributed by atoms with Crippen molar-refractivity contribution in [2.45, 2.75) is 39.2 Å². The summed E-state index contributed by atoms with van der Waals surface area (Å²) in [5.74, 6) is 0.351. The molecule has 0 heterocycles. The molecule has 27 heavy (non-hydrogen) atoms. The van der Waals surface area contributed by atoms with Gasteiger partial charge in [-0.15, -0.1) is 0 Å². The van der Waals surface area contributed by atoms with E-state index in [4.69, 9.17) is 4.74 Å². The van der Waals surface area contributed by atoms with Gasteiger partial charge in [-0.05, 0) is 41.5 Å². The quantitative estimate of drug-likeness (QED) is 0.797. The molecule has 0 unspecified atom stereocenters. The summed E-state index contributed by atoms with van der Waals surface area (Å²) in [6.07, 6.45) is 3.33. The monoisotopic (exact) mass is 365 g/mol. The summed E-state index contributed by atoms with van der Waals surface area (Å²) >= 11 is 0. The predicted octanol–water partition coefficient (Wildman–Crippen LogP) is 4.45. The Kier molecular flexibility index (Phi) is 6.28. The van der Waals surface area contributed by atoms with Crippen molar-refractivity contribution < 1.29 is 14.3 Å². The van der Waals surface area contributed by atoms with Crippen molar-refractivity contribution >= 4 is 11.9 Å². The fraction of sp³-hybridized carbons (Fsp3) is 0.391. The third-order valence-corrected chi connectivity index (χ3v) is 5.62. The summed E-state index contributed by atoms with van der Waals surface area (Å²) < 4.78 is 5.19. The van der Waals surface area contributed by atoms with Crippen LogP contribution in [0.5, 0.6) is 0 Å². The van der Waals surface area contributed by atoms with Gasteiger partial charge in [0.25, 0.3) is 5.91 Å². The van der Waals surface area contributed by atoms with E-state index in [0.29, 0.717) is 17.4 Å². The molecule has 1 saturated carbocycles. The molecule has 1 aliphatic rings. The summed E-state index contributed by atoms with van der Waals surface area (Å²) in [5, 5.41) is 3.02. The second kappa shape index (κ2) is 8.85. The largest absolute Gasteiger partial charge is 0.452 e. The highest BCUT2D eigenvalue weighted by molar-refractivity contribution is 5.91. The van der Waals surface area contributed by atoms with Crippen LogP contribution in [-0.2, 0) is 9.53 Å². The van der Waals surface area contributed by atoms with Crippen molar-refractivity contribution in [1.82, 2.24) is 5.32 Å². The Hall–Kier alpha value is -2.62. The fourth-order valence-corrected chi connectivity index (χ4v) is 3.68. The molecule has 0 bridgehead atoms. The molecule has 1 fully saturated rings. The molecule has 2 aromatic carbocycles. The molecule has 0 aliphatic heterocycles. The molecule has 0 radical (unpaired) electrons. The number of rotatable bonds is 5. The smallest absolute Gasteiger partial charge is 0.338 e. The Morgan fingerprint density at radius 3 is 2.33 bits per heavy atom. The molecule has 3 rings (SSSR count). The zero-order valence-corrected chi connectivity index (χ0v) is 16.0. The van der Waals surface area contributed by atoms with E-state index < -0.39 is 5.97 Å². The Labute approximate surface area is 160 Å². The standard InChI is InChI=1S/C23H27NO3/c1-16-7-6-10-21(17(16)2)24-22(25)15-27-23(26)20-13-11-19(12-14-20)18-8-4-3-5-9-18/h3-5,8-9,11-14,16-17,21H,6-7,10,15H2,1-2H3,(H,24,25)/t16-,17-,21-/m1/s1. The molecule has 142 valence electrons. The SMILES string of the molecule is C[C@@H]1[C@H](C)CCC[C@H]1NC(=O)COC(=O)c1ccc(-c2ccccc2)cc1. The topological polar surface area (TPSA) is 55.4 Å². The van der Waals surface area contributed by atoms with Crippen molar-refractivity contribution in [2.24, 2.45) is 11.8 Å². The van der Waals surface area contributed by atoms with Crippen molar-refractivity contribution in [3.63, 3.8) is 0 Å². The molecule has 1 amide bonds. The second-order valence-electron chi connectivity index (χ2n) is 7.46. The van der Waals surface area contributed by atoms with Gasteiger partial charge in [0.2, 0.25) is 0 Å². The molecule has 1 N–H and O–H groups in total. The van der Waals surface area contributed by atoms with Gasteiger partial charge in [-0.25, -0.2) is 4.79 Å². The molecule has 0 spiro atoms. The van der Waals surface area contributed by atoms with Gasteiger partial charge in [-0.1, -0.05) is 69.2 Å². The minimum Gasteiger partial charge on any atom is -0.452 e. The number of esters is 1. The number of hydrogen-bond acceptors (Lipinski definition) is 3. The maximum Gasteiger partial charge on any atom is 0.338 e. The predicted molar refractivity (Wildman–Crippen MR) is 106 cm³/mol. The highest BCUT2D eigenvalue weighted by Gasteiger charge is 2.28. The number of nitrogens with one attached hydrogen (secondary N) is 1. The van der Waals surface area contributed by atoms with Crippen LogP contribution in [-0.4, -0.2) is 24.5 Å². The number of carbonyl (C=O) groups excluding carboxylic acids is 2. The van der Waals surface area contributed by atoms with Crippen LogP contribution >= 0.6 is 0 Å². The molecule has 4 heteroatoms. The first-order valence-corrected chi connectivity index (χ1v) is 9.66. The van der Waals surface area contributed by atoms with Crippen LogP contribution in [0.3, 0.4) is 0 Å². The van der Waals surface area contributed by atoms with Crippen LogP contribution in [0.1, 0.15) is 43.5 Å². The highest BCUT2D eigenvalue weighted by atomic mass is 16.5. The molecular weight excluding hydrogens is 338 g/mol. The third-order valence-electron chi connectivity index (χ3n) is 5.62. The molecule has 4 nitrogen and oxygen atoms in total. The highest BCUT2D eigenvalue weighted by Crippen LogP contribution is 2.29. The molecule has 1 aliphatic carbocycles. The van der Waals surface area contributed by atoms with Gasteiger partial charge in [-0.3, -0.25) is 4.79 Å². The van der Waals surface area contributed by atoms with Crippen molar-refractivity contribution in [1.29, 1.82) is 0 Å². The molecule has 2 aromatic rings. The third kappa shape index (κ3) is 4.97. The van der Waals surface area contributed by atoms with E-state index in [1.165, 1.54) is 6.42 Å². The van der Waals surface area contributed by atoms with E-state index in [9.17, 15) is 9.59 Å². The first-order chi connectivity index (χ1) is 13.0. The Balaban J connectivity index is 1.51. The summed E-state index contributed by atoms with van der Waals surface area (Å²) in [7, 11) is 0. The zero-order valence-electron chi connectivity index (χ0n) is 16.0. The Morgan fingerprint density at radius 1 is 0.963 bits per heavy atom. The Bertz CT molecular complexity index is 770. The summed E-state index contributed by atoms with van der Waals surface area (Å²) in [5.41, 5.74) is 2.57. The van der Waals surface area contributed by atoms with Crippen LogP contribution in [0.15, 0.2) is 54.6 Å². The van der Waals surface area contributed by atoms with Crippen molar-refractivity contribution in [2.75, 3.05) is 6.61 Å². The van der Waals surface area contributed by atoms with Crippen molar-refractivity contribution in [3.05, 3.63) is 60.2 Å². The summed E-state index contributed by atoms with van der Waals surface area (Å²) in [6.45, 7) is 4.16. The van der Waals surface area contributed by atoms with Crippen molar-refractivity contribution in [3.8, 4) is 11.1 Å². The van der Waals surface area contributed by atoms with E-state index in [0.717, 1.165) is 24.0 Å². The van der Waals surface area contributed by atoms with Crippen LogP contribution in [0, 0.1) is 11.8 Å². The lowest BCUT2D eigenvalue weighted by molar-refractivity contribution is -0.125. The van der Waals surface area contributed by atoms with Gasteiger partial charge in [0.05, 0.1) is 5.56 Å². The van der Waals surface area contributed by atoms with Gasteiger partial charge >= 0.3 is 5.97 Å². The minimum absolute atomic E-state index is 0.171. The second-order valence-corrected chi connectivity index (χ2v) is 7.46. The van der Waals surface area contributed by atoms with E-state index in [-0.39, 0.29) is 18.6 Å². The lowest BCUT2D eigenvalue weighted by atomic mass is 9.78. The van der Waals surface area contributed by atoms with Crippen LogP contribution in [0.4, 0.5) is 0 Å². The van der Waals surface area contributed by atoms with E-state index in [1.807, 2.05) is 42.5 Å². The van der Waals surface area contributed by atoms with Gasteiger partial charge < -0.3 is 10.1 Å². The summed E-state index contributed by atoms with van der Waals surface area (Å²) in [4.78, 5) is 24.4. The Morgan fingerprint density at radius 2 is 1.63 bits per heavy atom. The first-order valence-electron chi connectivity index (χ1n) is 9.66. The number of carbonyl (C=O) groups is 2.